The average molecular weight is 448 g/mol. The molecule has 6 rings (SSSR count). The van der Waals surface area contributed by atoms with Crippen LogP contribution in [-0.4, -0.2) is 41.6 Å². The second kappa shape index (κ2) is 7.20. The van der Waals surface area contributed by atoms with Crippen molar-refractivity contribution in [3.8, 4) is 0 Å². The van der Waals surface area contributed by atoms with Crippen LogP contribution in [0, 0.1) is 35.5 Å². The van der Waals surface area contributed by atoms with E-state index in [1.165, 1.54) is 23.1 Å². The Kier molecular flexibility index (Phi) is 4.75. The van der Waals surface area contributed by atoms with E-state index in [-0.39, 0.29) is 59.0 Å². The van der Waals surface area contributed by atoms with Gasteiger partial charge >= 0.3 is 5.97 Å². The summed E-state index contributed by atoms with van der Waals surface area (Å²) in [6.07, 6.45) is 5.18. The fourth-order valence-electron chi connectivity index (χ4n) is 5.45. The molecule has 1 aromatic carbocycles. The van der Waals surface area contributed by atoms with Gasteiger partial charge in [-0.05, 0) is 48.3 Å². The molecular weight excluding hydrogens is 429 g/mol. The van der Waals surface area contributed by atoms with Crippen molar-refractivity contribution in [3.63, 3.8) is 0 Å². The quantitative estimate of drug-likeness (QED) is 0.289. The van der Waals surface area contributed by atoms with Gasteiger partial charge in [0.25, 0.3) is 0 Å². The lowest BCUT2D eigenvalue weighted by Gasteiger charge is -2.37. The van der Waals surface area contributed by atoms with E-state index < -0.39 is 18.4 Å². The molecule has 0 radical (unpaired) electrons. The predicted molar refractivity (Wildman–Crippen MR) is 108 cm³/mol. The van der Waals surface area contributed by atoms with Gasteiger partial charge in [0, 0.05) is 17.1 Å². The van der Waals surface area contributed by atoms with Gasteiger partial charge in [-0.15, -0.1) is 0 Å². The van der Waals surface area contributed by atoms with Gasteiger partial charge in [-0.1, -0.05) is 35.4 Å². The van der Waals surface area contributed by atoms with Crippen LogP contribution in [0.15, 0.2) is 30.4 Å². The molecule has 0 N–H and O–H groups in total. The van der Waals surface area contributed by atoms with Gasteiger partial charge in [0.05, 0.1) is 23.3 Å². The summed E-state index contributed by atoms with van der Waals surface area (Å²) in [4.78, 5) is 51.3. The maximum absolute atomic E-state index is 12.9. The Hall–Kier alpha value is -2.18. The minimum atomic E-state index is -0.646. The molecule has 6 atom stereocenters. The maximum Gasteiger partial charge on any atom is 0.308 e. The van der Waals surface area contributed by atoms with E-state index in [1.807, 2.05) is 0 Å². The third-order valence-electron chi connectivity index (χ3n) is 6.89. The van der Waals surface area contributed by atoms with Crippen LogP contribution in [0.1, 0.15) is 23.2 Å². The second-order valence-electron chi connectivity index (χ2n) is 8.44. The third kappa shape index (κ3) is 3.08. The first-order valence-corrected chi connectivity index (χ1v) is 10.8. The summed E-state index contributed by atoms with van der Waals surface area (Å²) < 4.78 is 5.03. The molecule has 8 heteroatoms. The first kappa shape index (κ1) is 19.8. The number of rotatable bonds is 6. The first-order valence-electron chi connectivity index (χ1n) is 10.0. The molecule has 156 valence electrons. The lowest BCUT2D eigenvalue weighted by Crippen LogP contribution is -2.40. The van der Waals surface area contributed by atoms with Gasteiger partial charge in [0.2, 0.25) is 17.6 Å². The van der Waals surface area contributed by atoms with Crippen molar-refractivity contribution in [2.75, 3.05) is 13.2 Å². The molecule has 1 heterocycles. The first-order chi connectivity index (χ1) is 14.4. The van der Waals surface area contributed by atoms with Crippen molar-refractivity contribution in [3.05, 3.63) is 46.0 Å². The Morgan fingerprint density at radius 1 is 1.03 bits per heavy atom. The highest BCUT2D eigenvalue weighted by Gasteiger charge is 2.66. The number of allylic oxidation sites excluding steroid dienone is 2. The minimum absolute atomic E-state index is 0.0197. The molecule has 4 aliphatic carbocycles. The second-order valence-corrected chi connectivity index (χ2v) is 9.28. The van der Waals surface area contributed by atoms with Crippen molar-refractivity contribution < 1.29 is 23.9 Å². The molecular formula is C22H19Cl2NO5. The fourth-order valence-corrected chi connectivity index (χ4v) is 5.97. The molecule has 2 amide bonds. The molecule has 0 spiro atoms. The molecule has 5 aliphatic rings. The van der Waals surface area contributed by atoms with Crippen LogP contribution in [0.4, 0.5) is 0 Å². The topological polar surface area (TPSA) is 80.8 Å². The minimum Gasteiger partial charge on any atom is -0.457 e. The van der Waals surface area contributed by atoms with Crippen molar-refractivity contribution >= 4 is 46.8 Å². The standard InChI is InChI=1S/C22H19Cl2NO5/c23-10-1-2-13(16(24)7-10)17(26)9-30-18(27)5-6-25-21(28)19-11-3-4-12(15-8-14(11)15)20(19)22(25)29/h1-4,7,11-12,14-15,19-20H,5-6,8-9H2/t11-,12-,14-,15+,19-,20+/m0/s1. The number of benzene rings is 1. The van der Waals surface area contributed by atoms with Gasteiger partial charge in [-0.2, -0.15) is 0 Å². The Morgan fingerprint density at radius 3 is 2.27 bits per heavy atom. The molecule has 2 bridgehead atoms. The van der Waals surface area contributed by atoms with E-state index in [9.17, 15) is 19.2 Å². The summed E-state index contributed by atoms with van der Waals surface area (Å²) in [5.74, 6) is -0.624. The number of imide groups is 1. The Morgan fingerprint density at radius 2 is 1.67 bits per heavy atom. The van der Waals surface area contributed by atoms with Crippen molar-refractivity contribution in [2.24, 2.45) is 35.5 Å². The highest BCUT2D eigenvalue weighted by Crippen LogP contribution is 2.65. The summed E-state index contributed by atoms with van der Waals surface area (Å²) in [6.45, 7) is -0.487. The number of ketones is 1. The SMILES string of the molecule is O=C(CCN1C(=O)[C@@H]2[C@H]3C=C[C@@H]([C@@H]4C[C@H]34)[C@@H]2C1=O)OCC(=O)c1ccc(Cl)cc1Cl. The zero-order valence-electron chi connectivity index (χ0n) is 15.9. The van der Waals surface area contributed by atoms with Gasteiger partial charge in [0.1, 0.15) is 0 Å². The number of Topliss-reactive ketones (excluding diaryl/α,β-unsaturated/α-hetero) is 1. The molecule has 3 fully saturated rings. The number of carbonyl (C=O) groups excluding carboxylic acids is 4. The Balaban J connectivity index is 1.16. The Bertz CT molecular complexity index is 969. The molecule has 1 aliphatic heterocycles. The van der Waals surface area contributed by atoms with Crippen molar-refractivity contribution in [2.45, 2.75) is 12.8 Å². The van der Waals surface area contributed by atoms with Gasteiger partial charge in [-0.3, -0.25) is 24.1 Å². The fraction of sp³-hybridized carbons (Fsp3) is 0.455. The molecule has 2 saturated carbocycles. The number of amides is 2. The van der Waals surface area contributed by atoms with Crippen LogP contribution in [0.25, 0.3) is 0 Å². The summed E-state index contributed by atoms with van der Waals surface area (Å²) in [6, 6.07) is 4.43. The van der Waals surface area contributed by atoms with E-state index in [0.29, 0.717) is 16.9 Å². The highest BCUT2D eigenvalue weighted by atomic mass is 35.5. The molecule has 6 nitrogen and oxygen atoms in total. The molecule has 1 saturated heterocycles. The highest BCUT2D eigenvalue weighted by molar-refractivity contribution is 6.36. The molecule has 0 aromatic heterocycles. The summed E-state index contributed by atoms with van der Waals surface area (Å²) in [7, 11) is 0. The number of esters is 1. The van der Waals surface area contributed by atoms with E-state index in [2.05, 4.69) is 12.2 Å². The average Bonchev–Trinajstić information content (AvgIpc) is 3.49. The molecule has 30 heavy (non-hydrogen) atoms. The smallest absolute Gasteiger partial charge is 0.308 e. The lowest BCUT2D eigenvalue weighted by atomic mass is 9.63. The van der Waals surface area contributed by atoms with E-state index >= 15 is 0 Å². The van der Waals surface area contributed by atoms with Gasteiger partial charge in [-0.25, -0.2) is 0 Å². The number of hydrogen-bond acceptors (Lipinski definition) is 5. The van der Waals surface area contributed by atoms with Gasteiger partial charge in [0.15, 0.2) is 6.61 Å². The van der Waals surface area contributed by atoms with E-state index in [4.69, 9.17) is 27.9 Å². The third-order valence-corrected chi connectivity index (χ3v) is 7.44. The summed E-state index contributed by atoms with van der Waals surface area (Å²) in [5, 5.41) is 0.579. The van der Waals surface area contributed by atoms with Crippen LogP contribution in [0.5, 0.6) is 0 Å². The molecule has 1 aromatic rings. The largest absolute Gasteiger partial charge is 0.457 e. The monoisotopic (exact) mass is 447 g/mol. The number of hydrogen-bond donors (Lipinski definition) is 0. The van der Waals surface area contributed by atoms with Crippen molar-refractivity contribution in [1.29, 1.82) is 0 Å². The zero-order valence-corrected chi connectivity index (χ0v) is 17.4. The van der Waals surface area contributed by atoms with Crippen LogP contribution in [-0.2, 0) is 19.1 Å². The number of nitrogens with zero attached hydrogens (tertiary/aromatic N) is 1. The number of carbonyl (C=O) groups is 4. The van der Waals surface area contributed by atoms with Crippen molar-refractivity contribution in [1.82, 2.24) is 4.90 Å². The van der Waals surface area contributed by atoms with Crippen LogP contribution >= 0.6 is 23.2 Å². The number of likely N-dealkylation sites (tertiary alicyclic amines) is 1. The summed E-state index contributed by atoms with van der Waals surface area (Å²) in [5.41, 5.74) is 0.212. The zero-order chi connectivity index (χ0) is 21.2. The van der Waals surface area contributed by atoms with Gasteiger partial charge < -0.3 is 4.74 Å². The summed E-state index contributed by atoms with van der Waals surface area (Å²) >= 11 is 11.8. The van der Waals surface area contributed by atoms with E-state index in [0.717, 1.165) is 6.42 Å². The maximum atomic E-state index is 12.9. The normalized spacial score (nSPS) is 32.8. The van der Waals surface area contributed by atoms with E-state index in [1.54, 1.807) is 0 Å². The Labute approximate surface area is 183 Å². The number of halogens is 2. The number of ether oxygens (including phenoxy) is 1. The van der Waals surface area contributed by atoms with Crippen LogP contribution in [0.2, 0.25) is 10.0 Å². The predicted octanol–water partition coefficient (Wildman–Crippen LogP) is 3.16. The lowest BCUT2D eigenvalue weighted by molar-refractivity contribution is -0.145. The van der Waals surface area contributed by atoms with Crippen LogP contribution < -0.4 is 0 Å². The van der Waals surface area contributed by atoms with Crippen LogP contribution in [0.3, 0.4) is 0 Å². The molecule has 0 unspecified atom stereocenters.